The maximum atomic E-state index is 12.7. The second-order valence-electron chi connectivity index (χ2n) is 8.51. The van der Waals surface area contributed by atoms with E-state index < -0.39 is 0 Å². The third-order valence-electron chi connectivity index (χ3n) is 5.34. The molecule has 0 spiro atoms. The van der Waals surface area contributed by atoms with Gasteiger partial charge in [0.05, 0.1) is 17.8 Å². The van der Waals surface area contributed by atoms with Gasteiger partial charge in [0.1, 0.15) is 0 Å². The van der Waals surface area contributed by atoms with Gasteiger partial charge in [0.15, 0.2) is 0 Å². The molecule has 1 saturated heterocycles. The third kappa shape index (κ3) is 5.03. The molecule has 1 fully saturated rings. The summed E-state index contributed by atoms with van der Waals surface area (Å²) in [5.41, 5.74) is 10.3. The van der Waals surface area contributed by atoms with Crippen molar-refractivity contribution < 1.29 is 4.79 Å². The van der Waals surface area contributed by atoms with Gasteiger partial charge in [0.25, 0.3) is 0 Å². The van der Waals surface area contributed by atoms with E-state index in [9.17, 15) is 4.79 Å². The average Bonchev–Trinajstić information content (AvgIpc) is 2.64. The normalized spacial score (nSPS) is 15.6. The molecule has 0 radical (unpaired) electrons. The van der Waals surface area contributed by atoms with Crippen LogP contribution in [0, 0.1) is 0 Å². The molecule has 4 heteroatoms. The summed E-state index contributed by atoms with van der Waals surface area (Å²) in [6.45, 7) is 8.20. The second-order valence-corrected chi connectivity index (χ2v) is 8.51. The van der Waals surface area contributed by atoms with Crippen LogP contribution in [0.4, 0.5) is 11.4 Å². The van der Waals surface area contributed by atoms with Crippen molar-refractivity contribution in [3.63, 3.8) is 0 Å². The molecule has 2 aromatic rings. The summed E-state index contributed by atoms with van der Waals surface area (Å²) in [5, 5.41) is 3.52. The van der Waals surface area contributed by atoms with Gasteiger partial charge in [-0.2, -0.15) is 0 Å². The number of rotatable bonds is 4. The highest BCUT2D eigenvalue weighted by Crippen LogP contribution is 2.24. The van der Waals surface area contributed by atoms with Crippen molar-refractivity contribution in [3.8, 4) is 0 Å². The molecule has 0 bridgehead atoms. The van der Waals surface area contributed by atoms with Crippen LogP contribution in [-0.4, -0.2) is 29.9 Å². The van der Waals surface area contributed by atoms with Crippen molar-refractivity contribution >= 4 is 17.3 Å². The monoisotopic (exact) mass is 365 g/mol. The second kappa shape index (κ2) is 8.03. The lowest BCUT2D eigenvalue weighted by Crippen LogP contribution is -2.43. The number of benzene rings is 2. The standard InChI is InChI=1S/C23H31N3O/c1-23(2,3)18-10-8-17(9-11-18)16-22(27)26-14-12-19(13-15-26)25-21-7-5-4-6-20(21)24/h4-11,19,25H,12-16,24H2,1-3H3. The van der Waals surface area contributed by atoms with Crippen LogP contribution in [0.3, 0.4) is 0 Å². The molecule has 2 aromatic carbocycles. The average molecular weight is 366 g/mol. The molecule has 0 saturated carbocycles. The van der Waals surface area contributed by atoms with Gasteiger partial charge in [-0.3, -0.25) is 4.79 Å². The zero-order valence-corrected chi connectivity index (χ0v) is 16.7. The number of nitrogens with one attached hydrogen (secondary N) is 1. The van der Waals surface area contributed by atoms with Crippen LogP contribution in [0.1, 0.15) is 44.7 Å². The van der Waals surface area contributed by atoms with Crippen molar-refractivity contribution in [2.45, 2.75) is 51.5 Å². The summed E-state index contributed by atoms with van der Waals surface area (Å²) in [6, 6.07) is 16.7. The Balaban J connectivity index is 1.50. The van der Waals surface area contributed by atoms with Crippen molar-refractivity contribution in [2.75, 3.05) is 24.1 Å². The van der Waals surface area contributed by atoms with E-state index in [4.69, 9.17) is 5.73 Å². The van der Waals surface area contributed by atoms with Crippen molar-refractivity contribution in [1.29, 1.82) is 0 Å². The van der Waals surface area contributed by atoms with Crippen LogP contribution in [0.25, 0.3) is 0 Å². The number of nitrogen functional groups attached to an aromatic ring is 1. The van der Waals surface area contributed by atoms with Gasteiger partial charge < -0.3 is 16.0 Å². The molecule has 3 N–H and O–H groups in total. The smallest absolute Gasteiger partial charge is 0.226 e. The quantitative estimate of drug-likeness (QED) is 0.798. The number of likely N-dealkylation sites (tertiary alicyclic amines) is 1. The van der Waals surface area contributed by atoms with E-state index in [1.807, 2.05) is 29.2 Å². The predicted molar refractivity (Wildman–Crippen MR) is 113 cm³/mol. The first-order chi connectivity index (χ1) is 12.8. The molecule has 144 valence electrons. The molecule has 1 amide bonds. The SMILES string of the molecule is CC(C)(C)c1ccc(CC(=O)N2CCC(Nc3ccccc3N)CC2)cc1. The Bertz CT molecular complexity index is 769. The maximum absolute atomic E-state index is 12.7. The molecule has 3 rings (SSSR count). The number of nitrogens with two attached hydrogens (primary N) is 1. The summed E-state index contributed by atoms with van der Waals surface area (Å²) in [5.74, 6) is 0.219. The fourth-order valence-electron chi connectivity index (χ4n) is 3.53. The highest BCUT2D eigenvalue weighted by Gasteiger charge is 2.23. The van der Waals surface area contributed by atoms with Crippen LogP contribution in [-0.2, 0) is 16.6 Å². The third-order valence-corrected chi connectivity index (χ3v) is 5.34. The van der Waals surface area contributed by atoms with Crippen LogP contribution in [0.5, 0.6) is 0 Å². The van der Waals surface area contributed by atoms with Gasteiger partial charge in [-0.25, -0.2) is 0 Å². The van der Waals surface area contributed by atoms with Crippen molar-refractivity contribution in [1.82, 2.24) is 4.90 Å². The number of hydrogen-bond donors (Lipinski definition) is 2. The highest BCUT2D eigenvalue weighted by atomic mass is 16.2. The molecule has 0 aromatic heterocycles. The van der Waals surface area contributed by atoms with E-state index in [0.717, 1.165) is 42.9 Å². The Labute approximate surface area is 162 Å². The molecule has 0 atom stereocenters. The first-order valence-electron chi connectivity index (χ1n) is 9.81. The summed E-state index contributed by atoms with van der Waals surface area (Å²) in [4.78, 5) is 14.6. The molecule has 1 heterocycles. The van der Waals surface area contributed by atoms with Gasteiger partial charge in [0, 0.05) is 19.1 Å². The number of carbonyl (C=O) groups excluding carboxylic acids is 1. The Morgan fingerprint density at radius 3 is 2.30 bits per heavy atom. The maximum Gasteiger partial charge on any atom is 0.226 e. The van der Waals surface area contributed by atoms with Gasteiger partial charge in [0.2, 0.25) is 5.91 Å². The lowest BCUT2D eigenvalue weighted by atomic mass is 9.86. The number of hydrogen-bond acceptors (Lipinski definition) is 3. The summed E-state index contributed by atoms with van der Waals surface area (Å²) < 4.78 is 0. The van der Waals surface area contributed by atoms with Crippen molar-refractivity contribution in [2.24, 2.45) is 0 Å². The first-order valence-corrected chi connectivity index (χ1v) is 9.81. The highest BCUT2D eigenvalue weighted by molar-refractivity contribution is 5.79. The van der Waals surface area contributed by atoms with Crippen LogP contribution in [0.15, 0.2) is 48.5 Å². The molecular formula is C23H31N3O. The largest absolute Gasteiger partial charge is 0.397 e. The number of nitrogens with zero attached hydrogens (tertiary/aromatic N) is 1. The summed E-state index contributed by atoms with van der Waals surface area (Å²) in [7, 11) is 0. The van der Waals surface area contributed by atoms with E-state index >= 15 is 0 Å². The van der Waals surface area contributed by atoms with Crippen molar-refractivity contribution in [3.05, 3.63) is 59.7 Å². The van der Waals surface area contributed by atoms with Gasteiger partial charge in [-0.05, 0) is 41.5 Å². The Morgan fingerprint density at radius 2 is 1.70 bits per heavy atom. The molecule has 4 nitrogen and oxygen atoms in total. The van der Waals surface area contributed by atoms with Crippen LogP contribution >= 0.6 is 0 Å². The molecule has 1 aliphatic rings. The molecule has 0 aliphatic carbocycles. The Kier molecular flexibility index (Phi) is 5.73. The topological polar surface area (TPSA) is 58.4 Å². The first kappa shape index (κ1) is 19.3. The minimum atomic E-state index is 0.138. The van der Waals surface area contributed by atoms with E-state index in [1.165, 1.54) is 5.56 Å². The number of piperidine rings is 1. The predicted octanol–water partition coefficient (Wildman–Crippen LogP) is 4.21. The zero-order valence-electron chi connectivity index (χ0n) is 16.7. The van der Waals surface area contributed by atoms with E-state index in [1.54, 1.807) is 0 Å². The molecule has 27 heavy (non-hydrogen) atoms. The zero-order chi connectivity index (χ0) is 19.4. The molecule has 1 aliphatic heterocycles. The Hall–Kier alpha value is -2.49. The number of amides is 1. The minimum absolute atomic E-state index is 0.138. The van der Waals surface area contributed by atoms with E-state index in [-0.39, 0.29) is 11.3 Å². The fourth-order valence-corrected chi connectivity index (χ4v) is 3.53. The van der Waals surface area contributed by atoms with E-state index in [2.05, 4.69) is 50.4 Å². The Morgan fingerprint density at radius 1 is 1.07 bits per heavy atom. The van der Waals surface area contributed by atoms with Gasteiger partial charge in [-0.1, -0.05) is 57.2 Å². The lowest BCUT2D eigenvalue weighted by Gasteiger charge is -2.33. The van der Waals surface area contributed by atoms with Crippen LogP contribution < -0.4 is 11.1 Å². The van der Waals surface area contributed by atoms with Crippen LogP contribution in [0.2, 0.25) is 0 Å². The molecular weight excluding hydrogens is 334 g/mol. The minimum Gasteiger partial charge on any atom is -0.397 e. The lowest BCUT2D eigenvalue weighted by molar-refractivity contribution is -0.131. The summed E-state index contributed by atoms with van der Waals surface area (Å²) in [6.07, 6.45) is 2.38. The van der Waals surface area contributed by atoms with Gasteiger partial charge in [-0.15, -0.1) is 0 Å². The number of anilines is 2. The summed E-state index contributed by atoms with van der Waals surface area (Å²) >= 11 is 0. The number of para-hydroxylation sites is 2. The van der Waals surface area contributed by atoms with Gasteiger partial charge >= 0.3 is 0 Å². The fraction of sp³-hybridized carbons (Fsp3) is 0.435. The van der Waals surface area contributed by atoms with E-state index in [0.29, 0.717) is 12.5 Å². The molecule has 0 unspecified atom stereocenters. The number of carbonyl (C=O) groups is 1.